The Morgan fingerprint density at radius 1 is 1.24 bits per heavy atom. The van der Waals surface area contributed by atoms with E-state index < -0.39 is 23.5 Å². The molecule has 0 fully saturated rings. The van der Waals surface area contributed by atoms with E-state index in [9.17, 15) is 13.2 Å². The summed E-state index contributed by atoms with van der Waals surface area (Å²) in [6, 6.07) is 1.09. The van der Waals surface area contributed by atoms with Gasteiger partial charge in [-0.25, -0.2) is 18.6 Å². The van der Waals surface area contributed by atoms with Gasteiger partial charge in [0.1, 0.15) is 0 Å². The molecule has 114 valence electrons. The van der Waals surface area contributed by atoms with Crippen LogP contribution in [0.15, 0.2) is 22.8 Å². The van der Waals surface area contributed by atoms with E-state index in [0.717, 1.165) is 12.1 Å². The van der Waals surface area contributed by atoms with Crippen molar-refractivity contribution in [2.75, 3.05) is 0 Å². The number of aromatic nitrogens is 2. The summed E-state index contributed by atoms with van der Waals surface area (Å²) in [5.74, 6) is 1.48. The minimum absolute atomic E-state index is 0.0114. The fourth-order valence-corrected chi connectivity index (χ4v) is 2.61. The summed E-state index contributed by atoms with van der Waals surface area (Å²) in [5.41, 5.74) is 3.24. The summed E-state index contributed by atoms with van der Waals surface area (Å²) >= 11 is 3.34. The van der Waals surface area contributed by atoms with Crippen molar-refractivity contribution in [2.45, 2.75) is 25.9 Å². The van der Waals surface area contributed by atoms with Gasteiger partial charge in [-0.1, -0.05) is 0 Å². The Hall–Kier alpha value is -1.38. The zero-order chi connectivity index (χ0) is 15.7. The number of hydrogen-bond donors (Lipinski definition) is 2. The minimum Gasteiger partial charge on any atom is -0.271 e. The average molecular weight is 363 g/mol. The van der Waals surface area contributed by atoms with E-state index in [1.807, 2.05) is 13.8 Å². The highest BCUT2D eigenvalue weighted by atomic mass is 79.9. The molecule has 1 unspecified atom stereocenters. The highest BCUT2D eigenvalue weighted by molar-refractivity contribution is 9.10. The van der Waals surface area contributed by atoms with Gasteiger partial charge in [-0.05, 0) is 47.5 Å². The molecule has 0 saturated carbocycles. The van der Waals surface area contributed by atoms with Crippen LogP contribution >= 0.6 is 15.9 Å². The predicted molar refractivity (Wildman–Crippen MR) is 75.8 cm³/mol. The molecule has 2 aromatic rings. The van der Waals surface area contributed by atoms with Crippen LogP contribution < -0.4 is 11.3 Å². The topological polar surface area (TPSA) is 55.9 Å². The van der Waals surface area contributed by atoms with E-state index in [1.165, 1.54) is 0 Å². The molecule has 0 saturated heterocycles. The summed E-state index contributed by atoms with van der Waals surface area (Å²) in [4.78, 5) is 0. The molecule has 0 radical (unpaired) electrons. The number of nitrogens with zero attached hydrogens (tertiary/aromatic N) is 2. The second-order valence-electron chi connectivity index (χ2n) is 4.81. The van der Waals surface area contributed by atoms with Crippen molar-refractivity contribution in [1.82, 2.24) is 15.2 Å². The Bertz CT molecular complexity index is 634. The van der Waals surface area contributed by atoms with Crippen LogP contribution in [0.2, 0.25) is 0 Å². The maximum atomic E-state index is 13.4. The molecule has 8 heteroatoms. The van der Waals surface area contributed by atoms with Crippen LogP contribution in [0, 0.1) is 17.5 Å². The third kappa shape index (κ3) is 2.97. The largest absolute Gasteiger partial charge is 0.271 e. The lowest BCUT2D eigenvalue weighted by Crippen LogP contribution is -2.31. The summed E-state index contributed by atoms with van der Waals surface area (Å²) in [6.07, 6.45) is 1.57. The SMILES string of the molecule is CC(C)n1ncc(Br)c1C(NN)c1cc(F)c(F)c(F)c1. The molecule has 4 nitrogen and oxygen atoms in total. The molecule has 1 heterocycles. The van der Waals surface area contributed by atoms with Crippen molar-refractivity contribution in [3.05, 3.63) is 51.5 Å². The van der Waals surface area contributed by atoms with Crippen LogP contribution in [0.3, 0.4) is 0 Å². The number of halogens is 4. The van der Waals surface area contributed by atoms with Gasteiger partial charge in [0.25, 0.3) is 0 Å². The molecular weight excluding hydrogens is 349 g/mol. The third-order valence-electron chi connectivity index (χ3n) is 3.06. The van der Waals surface area contributed by atoms with Gasteiger partial charge in [0, 0.05) is 6.04 Å². The molecule has 0 bridgehead atoms. The fourth-order valence-electron chi connectivity index (χ4n) is 2.11. The van der Waals surface area contributed by atoms with Crippen molar-refractivity contribution < 1.29 is 13.2 Å². The summed E-state index contributed by atoms with van der Waals surface area (Å²) in [5, 5.41) is 4.18. The van der Waals surface area contributed by atoms with E-state index >= 15 is 0 Å². The Kier molecular flexibility index (Phi) is 4.70. The minimum atomic E-state index is -1.51. The van der Waals surface area contributed by atoms with Crippen LogP contribution in [0.25, 0.3) is 0 Å². The van der Waals surface area contributed by atoms with Gasteiger partial charge >= 0.3 is 0 Å². The van der Waals surface area contributed by atoms with E-state index in [2.05, 4.69) is 26.5 Å². The molecule has 0 aliphatic heterocycles. The van der Waals surface area contributed by atoms with Gasteiger partial charge in [0.05, 0.1) is 22.4 Å². The maximum absolute atomic E-state index is 13.4. The summed E-state index contributed by atoms with van der Waals surface area (Å²) in [7, 11) is 0. The van der Waals surface area contributed by atoms with Gasteiger partial charge in [-0.15, -0.1) is 0 Å². The fraction of sp³-hybridized carbons (Fsp3) is 0.308. The van der Waals surface area contributed by atoms with E-state index in [1.54, 1.807) is 10.9 Å². The van der Waals surface area contributed by atoms with Crippen molar-refractivity contribution in [1.29, 1.82) is 0 Å². The lowest BCUT2D eigenvalue weighted by molar-refractivity contribution is 0.438. The lowest BCUT2D eigenvalue weighted by atomic mass is 10.0. The van der Waals surface area contributed by atoms with Crippen LogP contribution in [-0.4, -0.2) is 9.78 Å². The van der Waals surface area contributed by atoms with E-state index in [-0.39, 0.29) is 11.6 Å². The first-order valence-corrected chi connectivity index (χ1v) is 6.99. The molecule has 0 aliphatic carbocycles. The Morgan fingerprint density at radius 2 is 1.81 bits per heavy atom. The molecule has 1 aromatic heterocycles. The number of benzene rings is 1. The van der Waals surface area contributed by atoms with Crippen LogP contribution in [0.1, 0.15) is 37.2 Å². The first kappa shape index (κ1) is 16.0. The summed E-state index contributed by atoms with van der Waals surface area (Å²) in [6.45, 7) is 3.81. The van der Waals surface area contributed by atoms with E-state index in [4.69, 9.17) is 5.84 Å². The van der Waals surface area contributed by atoms with Crippen molar-refractivity contribution >= 4 is 15.9 Å². The first-order chi connectivity index (χ1) is 9.86. The zero-order valence-electron chi connectivity index (χ0n) is 11.4. The van der Waals surface area contributed by atoms with Crippen LogP contribution in [0.5, 0.6) is 0 Å². The van der Waals surface area contributed by atoms with Gasteiger partial charge in [0.2, 0.25) is 0 Å². The molecule has 0 amide bonds. The second kappa shape index (κ2) is 6.17. The van der Waals surface area contributed by atoms with Gasteiger partial charge in [0.15, 0.2) is 17.5 Å². The summed E-state index contributed by atoms with van der Waals surface area (Å²) < 4.78 is 42.2. The molecule has 3 N–H and O–H groups in total. The standard InChI is InChI=1S/C13H14BrF3N4/c1-6(2)21-13(8(14)5-19-21)12(20-18)7-3-9(15)11(17)10(16)4-7/h3-6,12,20H,18H2,1-2H3. The first-order valence-electron chi connectivity index (χ1n) is 6.20. The molecule has 1 atom stereocenters. The molecule has 0 aliphatic rings. The van der Waals surface area contributed by atoms with Crippen molar-refractivity contribution in [3.8, 4) is 0 Å². The average Bonchev–Trinajstić information content (AvgIpc) is 2.79. The number of nitrogens with two attached hydrogens (primary N) is 1. The number of rotatable bonds is 4. The predicted octanol–water partition coefficient (Wildman–Crippen LogP) is 3.20. The Balaban J connectivity index is 2.58. The molecular formula is C13H14BrF3N4. The van der Waals surface area contributed by atoms with Crippen molar-refractivity contribution in [3.63, 3.8) is 0 Å². The van der Waals surface area contributed by atoms with Gasteiger partial charge in [-0.2, -0.15) is 5.10 Å². The maximum Gasteiger partial charge on any atom is 0.194 e. The zero-order valence-corrected chi connectivity index (χ0v) is 13.0. The van der Waals surface area contributed by atoms with Crippen LogP contribution in [0.4, 0.5) is 13.2 Å². The third-order valence-corrected chi connectivity index (χ3v) is 3.67. The number of hydrazine groups is 1. The molecule has 21 heavy (non-hydrogen) atoms. The van der Waals surface area contributed by atoms with Gasteiger partial charge in [-0.3, -0.25) is 10.5 Å². The Labute approximate surface area is 128 Å². The molecule has 2 rings (SSSR count). The Morgan fingerprint density at radius 3 is 2.29 bits per heavy atom. The highest BCUT2D eigenvalue weighted by Crippen LogP contribution is 2.31. The lowest BCUT2D eigenvalue weighted by Gasteiger charge is -2.21. The monoisotopic (exact) mass is 362 g/mol. The number of nitrogens with one attached hydrogen (secondary N) is 1. The molecule has 0 spiro atoms. The highest BCUT2D eigenvalue weighted by Gasteiger charge is 2.24. The second-order valence-corrected chi connectivity index (χ2v) is 5.67. The quantitative estimate of drug-likeness (QED) is 0.498. The van der Waals surface area contributed by atoms with Crippen molar-refractivity contribution in [2.24, 2.45) is 5.84 Å². The number of hydrogen-bond acceptors (Lipinski definition) is 3. The normalized spacial score (nSPS) is 13.0. The van der Waals surface area contributed by atoms with Gasteiger partial charge < -0.3 is 0 Å². The van der Waals surface area contributed by atoms with E-state index in [0.29, 0.717) is 10.2 Å². The smallest absolute Gasteiger partial charge is 0.194 e. The van der Waals surface area contributed by atoms with Crippen LogP contribution in [-0.2, 0) is 0 Å². The molecule has 1 aromatic carbocycles.